The first kappa shape index (κ1) is 12.4. The van der Waals surface area contributed by atoms with Crippen molar-refractivity contribution >= 4 is 22.3 Å². The lowest BCUT2D eigenvalue weighted by molar-refractivity contribution is 0.564. The molecule has 0 radical (unpaired) electrons. The minimum absolute atomic E-state index is 0.795. The van der Waals surface area contributed by atoms with E-state index >= 15 is 0 Å². The Hall–Kier alpha value is -1.65. The number of aromatic nitrogens is 1. The first-order valence-electron chi connectivity index (χ1n) is 6.33. The molecule has 0 amide bonds. The number of nitrogens with one attached hydrogen (secondary N) is 1. The number of furan rings is 1. The fourth-order valence-corrected chi connectivity index (χ4v) is 2.86. The fourth-order valence-electron chi connectivity index (χ4n) is 2.25. The van der Waals surface area contributed by atoms with E-state index in [0.717, 1.165) is 35.1 Å². The Kier molecular flexibility index (Phi) is 3.36. The molecule has 0 atom stereocenters. The Morgan fingerprint density at radius 3 is 2.84 bits per heavy atom. The maximum atomic E-state index is 5.75. The van der Waals surface area contributed by atoms with Crippen molar-refractivity contribution in [3.8, 4) is 0 Å². The van der Waals surface area contributed by atoms with E-state index < -0.39 is 0 Å². The van der Waals surface area contributed by atoms with Crippen LogP contribution in [0.2, 0.25) is 0 Å². The van der Waals surface area contributed by atoms with Gasteiger partial charge in [0.2, 0.25) is 0 Å². The highest BCUT2D eigenvalue weighted by Gasteiger charge is 2.09. The van der Waals surface area contributed by atoms with Crippen LogP contribution >= 0.6 is 11.3 Å². The van der Waals surface area contributed by atoms with Gasteiger partial charge in [0.05, 0.1) is 10.7 Å². The number of thiazole rings is 1. The minimum Gasteiger partial charge on any atom is -0.461 e. The second kappa shape index (κ2) is 5.15. The van der Waals surface area contributed by atoms with E-state index in [2.05, 4.69) is 21.7 Å². The van der Waals surface area contributed by atoms with Crippen molar-refractivity contribution in [3.63, 3.8) is 0 Å². The van der Waals surface area contributed by atoms with Gasteiger partial charge >= 0.3 is 0 Å². The van der Waals surface area contributed by atoms with Crippen molar-refractivity contribution < 1.29 is 4.42 Å². The third-order valence-electron chi connectivity index (χ3n) is 3.17. The van der Waals surface area contributed by atoms with Crippen LogP contribution in [-0.2, 0) is 13.1 Å². The van der Waals surface area contributed by atoms with Crippen LogP contribution in [0.3, 0.4) is 0 Å². The first-order valence-corrected chi connectivity index (χ1v) is 7.21. The first-order chi connectivity index (χ1) is 9.24. The van der Waals surface area contributed by atoms with Crippen LogP contribution in [0.15, 0.2) is 34.1 Å². The highest BCUT2D eigenvalue weighted by atomic mass is 32.1. The van der Waals surface area contributed by atoms with E-state index in [4.69, 9.17) is 4.42 Å². The fraction of sp³-hybridized carbons (Fsp3) is 0.267. The summed E-state index contributed by atoms with van der Waals surface area (Å²) in [4.78, 5) is 4.45. The van der Waals surface area contributed by atoms with Gasteiger partial charge in [-0.2, -0.15) is 0 Å². The van der Waals surface area contributed by atoms with E-state index in [1.165, 1.54) is 10.9 Å². The lowest BCUT2D eigenvalue weighted by Crippen LogP contribution is -2.13. The summed E-state index contributed by atoms with van der Waals surface area (Å²) in [6, 6.07) is 8.16. The van der Waals surface area contributed by atoms with Crippen LogP contribution < -0.4 is 5.32 Å². The molecule has 0 saturated carbocycles. The third-order valence-corrected chi connectivity index (χ3v) is 4.00. The number of benzene rings is 1. The number of para-hydroxylation sites is 1. The van der Waals surface area contributed by atoms with E-state index in [1.807, 2.05) is 32.0 Å². The summed E-state index contributed by atoms with van der Waals surface area (Å²) in [5.74, 6) is 0.989. The van der Waals surface area contributed by atoms with Crippen molar-refractivity contribution in [2.24, 2.45) is 0 Å². The number of nitrogens with zero attached hydrogens (tertiary/aromatic N) is 1. The molecule has 1 aromatic carbocycles. The van der Waals surface area contributed by atoms with Crippen LogP contribution in [0.4, 0.5) is 0 Å². The molecule has 0 aliphatic rings. The molecule has 0 bridgehead atoms. The highest BCUT2D eigenvalue weighted by molar-refractivity contribution is 7.09. The van der Waals surface area contributed by atoms with E-state index in [9.17, 15) is 0 Å². The molecule has 3 aromatic rings. The average molecular weight is 272 g/mol. The quantitative estimate of drug-likeness (QED) is 0.785. The van der Waals surface area contributed by atoms with Gasteiger partial charge in [-0.3, -0.25) is 0 Å². The SMILES string of the molecule is Cc1nc(CNCc2c(C)oc3ccccc23)cs1. The zero-order valence-electron chi connectivity index (χ0n) is 11.1. The molecule has 1 N–H and O–H groups in total. The Bertz CT molecular complexity index is 699. The molecule has 0 fully saturated rings. The van der Waals surface area contributed by atoms with Crippen molar-refractivity contribution in [2.75, 3.05) is 0 Å². The predicted molar refractivity (Wildman–Crippen MR) is 78.3 cm³/mol. The number of aryl methyl sites for hydroxylation is 2. The van der Waals surface area contributed by atoms with E-state index in [0.29, 0.717) is 0 Å². The summed E-state index contributed by atoms with van der Waals surface area (Å²) < 4.78 is 5.75. The Balaban J connectivity index is 1.73. The normalized spacial score (nSPS) is 11.3. The molecule has 4 heteroatoms. The summed E-state index contributed by atoms with van der Waals surface area (Å²) in [6.45, 7) is 5.65. The maximum absolute atomic E-state index is 5.75. The van der Waals surface area contributed by atoms with Gasteiger partial charge in [0.25, 0.3) is 0 Å². The van der Waals surface area contributed by atoms with Crippen LogP contribution in [0, 0.1) is 13.8 Å². The molecular formula is C15H16N2OS. The lowest BCUT2D eigenvalue weighted by Gasteiger charge is -2.02. The second-order valence-electron chi connectivity index (χ2n) is 4.59. The summed E-state index contributed by atoms with van der Waals surface area (Å²) in [5, 5.41) is 7.84. The molecule has 19 heavy (non-hydrogen) atoms. The third kappa shape index (κ3) is 2.55. The monoisotopic (exact) mass is 272 g/mol. The highest BCUT2D eigenvalue weighted by Crippen LogP contribution is 2.25. The number of fused-ring (bicyclic) bond motifs is 1. The summed E-state index contributed by atoms with van der Waals surface area (Å²) in [7, 11) is 0. The average Bonchev–Trinajstić information content (AvgIpc) is 2.94. The van der Waals surface area contributed by atoms with Gasteiger partial charge < -0.3 is 9.73 Å². The maximum Gasteiger partial charge on any atom is 0.134 e. The molecular weight excluding hydrogens is 256 g/mol. The van der Waals surface area contributed by atoms with Gasteiger partial charge in [0.1, 0.15) is 11.3 Å². The molecule has 2 heterocycles. The van der Waals surface area contributed by atoms with Crippen LogP contribution in [0.1, 0.15) is 22.0 Å². The summed E-state index contributed by atoms with van der Waals surface area (Å²) in [5.41, 5.74) is 3.30. The Morgan fingerprint density at radius 1 is 1.21 bits per heavy atom. The largest absolute Gasteiger partial charge is 0.461 e. The second-order valence-corrected chi connectivity index (χ2v) is 5.66. The molecule has 0 spiro atoms. The molecule has 0 unspecified atom stereocenters. The minimum atomic E-state index is 0.795. The Morgan fingerprint density at radius 2 is 2.05 bits per heavy atom. The molecule has 0 saturated heterocycles. The van der Waals surface area contributed by atoms with Crippen LogP contribution in [-0.4, -0.2) is 4.98 Å². The topological polar surface area (TPSA) is 38.1 Å². The van der Waals surface area contributed by atoms with Gasteiger partial charge in [-0.05, 0) is 19.9 Å². The van der Waals surface area contributed by atoms with E-state index in [-0.39, 0.29) is 0 Å². The zero-order valence-corrected chi connectivity index (χ0v) is 11.9. The van der Waals surface area contributed by atoms with Crippen molar-refractivity contribution in [1.82, 2.24) is 10.3 Å². The molecule has 0 aliphatic heterocycles. The van der Waals surface area contributed by atoms with Gasteiger partial charge in [0, 0.05) is 29.4 Å². The smallest absolute Gasteiger partial charge is 0.134 e. The summed E-state index contributed by atoms with van der Waals surface area (Å²) >= 11 is 1.69. The standard InChI is InChI=1S/C15H16N2OS/c1-10-14(13-5-3-4-6-15(13)18-10)8-16-7-12-9-19-11(2)17-12/h3-6,9,16H,7-8H2,1-2H3. The molecule has 0 aliphatic carbocycles. The van der Waals surface area contributed by atoms with Gasteiger partial charge in [0.15, 0.2) is 0 Å². The van der Waals surface area contributed by atoms with Crippen molar-refractivity contribution in [1.29, 1.82) is 0 Å². The predicted octanol–water partition coefficient (Wildman–Crippen LogP) is 3.80. The molecule has 98 valence electrons. The number of rotatable bonds is 4. The van der Waals surface area contributed by atoms with E-state index in [1.54, 1.807) is 11.3 Å². The molecule has 3 rings (SSSR count). The zero-order chi connectivity index (χ0) is 13.2. The van der Waals surface area contributed by atoms with Gasteiger partial charge in [-0.1, -0.05) is 18.2 Å². The molecule has 3 nitrogen and oxygen atoms in total. The van der Waals surface area contributed by atoms with Crippen LogP contribution in [0.25, 0.3) is 11.0 Å². The van der Waals surface area contributed by atoms with Gasteiger partial charge in [-0.15, -0.1) is 11.3 Å². The number of hydrogen-bond acceptors (Lipinski definition) is 4. The van der Waals surface area contributed by atoms with Crippen molar-refractivity contribution in [2.45, 2.75) is 26.9 Å². The molecule has 2 aromatic heterocycles. The summed E-state index contributed by atoms with van der Waals surface area (Å²) in [6.07, 6.45) is 0. The van der Waals surface area contributed by atoms with Crippen molar-refractivity contribution in [3.05, 3.63) is 51.7 Å². The Labute approximate surface area is 116 Å². The van der Waals surface area contributed by atoms with Crippen LogP contribution in [0.5, 0.6) is 0 Å². The lowest BCUT2D eigenvalue weighted by atomic mass is 10.1. The number of hydrogen-bond donors (Lipinski definition) is 1. The van der Waals surface area contributed by atoms with Gasteiger partial charge in [-0.25, -0.2) is 4.98 Å².